The summed E-state index contributed by atoms with van der Waals surface area (Å²) >= 11 is 0. The third-order valence-electron chi connectivity index (χ3n) is 4.70. The maximum atomic E-state index is 12.6. The maximum absolute atomic E-state index is 12.6. The molecule has 2 aromatic rings. The molecule has 0 aromatic heterocycles. The standard InChI is InChI=1S/C21H23F2NO4/c22-21(23)16-3-7-18(8-4-16)28-19-9-11-24(12-10-19)20(26)14-27-17-5-1-15(13-25)2-6-17/h1-8,19,21,25H,9-14H2. The Kier molecular flexibility index (Phi) is 6.81. The van der Waals surface area contributed by atoms with E-state index in [0.29, 0.717) is 37.4 Å². The Hall–Kier alpha value is -2.67. The highest BCUT2D eigenvalue weighted by atomic mass is 19.3. The van der Waals surface area contributed by atoms with Crippen molar-refractivity contribution in [1.82, 2.24) is 4.90 Å². The molecule has 1 fully saturated rings. The lowest BCUT2D eigenvalue weighted by molar-refractivity contribution is -0.135. The minimum Gasteiger partial charge on any atom is -0.490 e. The smallest absolute Gasteiger partial charge is 0.263 e. The molecule has 0 radical (unpaired) electrons. The zero-order valence-corrected chi connectivity index (χ0v) is 15.4. The maximum Gasteiger partial charge on any atom is 0.263 e. The summed E-state index contributed by atoms with van der Waals surface area (Å²) in [6.07, 6.45) is -1.19. The molecule has 0 aliphatic carbocycles. The third kappa shape index (κ3) is 5.42. The zero-order valence-electron chi connectivity index (χ0n) is 15.4. The van der Waals surface area contributed by atoms with Crippen molar-refractivity contribution >= 4 is 5.91 Å². The fourth-order valence-corrected chi connectivity index (χ4v) is 3.03. The Bertz CT molecular complexity index is 757. The largest absolute Gasteiger partial charge is 0.490 e. The Morgan fingerprint density at radius 2 is 1.64 bits per heavy atom. The second-order valence-corrected chi connectivity index (χ2v) is 6.66. The number of carbonyl (C=O) groups is 1. The van der Waals surface area contributed by atoms with E-state index < -0.39 is 6.43 Å². The molecule has 150 valence electrons. The molecular weight excluding hydrogens is 368 g/mol. The fourth-order valence-electron chi connectivity index (χ4n) is 3.03. The summed E-state index contributed by atoms with van der Waals surface area (Å²) in [5.74, 6) is 1.05. The minimum atomic E-state index is -2.49. The molecule has 1 aliphatic heterocycles. The van der Waals surface area contributed by atoms with Gasteiger partial charge in [0.25, 0.3) is 12.3 Å². The average molecular weight is 391 g/mol. The Morgan fingerprint density at radius 3 is 2.21 bits per heavy atom. The predicted molar refractivity (Wildman–Crippen MR) is 99.5 cm³/mol. The van der Waals surface area contributed by atoms with Gasteiger partial charge in [0.05, 0.1) is 6.61 Å². The molecule has 7 heteroatoms. The SMILES string of the molecule is O=C(COc1ccc(CO)cc1)N1CCC(Oc2ccc(C(F)F)cc2)CC1. The van der Waals surface area contributed by atoms with Crippen molar-refractivity contribution in [3.63, 3.8) is 0 Å². The molecule has 5 nitrogen and oxygen atoms in total. The van der Waals surface area contributed by atoms with Crippen molar-refractivity contribution in [1.29, 1.82) is 0 Å². The van der Waals surface area contributed by atoms with Crippen molar-refractivity contribution < 1.29 is 28.2 Å². The van der Waals surface area contributed by atoms with Gasteiger partial charge >= 0.3 is 0 Å². The molecule has 1 saturated heterocycles. The first-order chi connectivity index (χ1) is 13.5. The summed E-state index contributed by atoms with van der Waals surface area (Å²) in [5, 5.41) is 9.02. The number of amides is 1. The van der Waals surface area contributed by atoms with Crippen LogP contribution in [0.15, 0.2) is 48.5 Å². The van der Waals surface area contributed by atoms with Gasteiger partial charge in [0.1, 0.15) is 17.6 Å². The summed E-state index contributed by atoms with van der Waals surface area (Å²) in [6, 6.07) is 12.8. The summed E-state index contributed by atoms with van der Waals surface area (Å²) in [7, 11) is 0. The van der Waals surface area contributed by atoms with Crippen LogP contribution >= 0.6 is 0 Å². The van der Waals surface area contributed by atoms with Crippen LogP contribution in [-0.4, -0.2) is 41.7 Å². The fraction of sp³-hybridized carbons (Fsp3) is 0.381. The van der Waals surface area contributed by atoms with Crippen LogP contribution in [0.25, 0.3) is 0 Å². The topological polar surface area (TPSA) is 59.0 Å². The first kappa shape index (κ1) is 20.1. The van der Waals surface area contributed by atoms with Crippen LogP contribution in [-0.2, 0) is 11.4 Å². The molecule has 1 heterocycles. The lowest BCUT2D eigenvalue weighted by Crippen LogP contribution is -2.43. The number of benzene rings is 2. The van der Waals surface area contributed by atoms with Gasteiger partial charge in [0.2, 0.25) is 0 Å². The van der Waals surface area contributed by atoms with E-state index in [1.54, 1.807) is 41.3 Å². The van der Waals surface area contributed by atoms with E-state index >= 15 is 0 Å². The number of alkyl halides is 2. The Labute approximate surface area is 162 Å². The molecule has 0 spiro atoms. The number of halogens is 2. The van der Waals surface area contributed by atoms with Crippen molar-refractivity contribution in [2.24, 2.45) is 0 Å². The molecular formula is C21H23F2NO4. The molecule has 28 heavy (non-hydrogen) atoms. The van der Waals surface area contributed by atoms with E-state index in [-0.39, 0.29) is 30.8 Å². The van der Waals surface area contributed by atoms with Crippen LogP contribution in [0.2, 0.25) is 0 Å². The van der Waals surface area contributed by atoms with Gasteiger partial charge in [-0.1, -0.05) is 12.1 Å². The number of hydrogen-bond donors (Lipinski definition) is 1. The van der Waals surface area contributed by atoms with Crippen LogP contribution in [0.4, 0.5) is 8.78 Å². The summed E-state index contributed by atoms with van der Waals surface area (Å²) < 4.78 is 36.5. The monoisotopic (exact) mass is 391 g/mol. The van der Waals surface area contributed by atoms with E-state index in [4.69, 9.17) is 14.6 Å². The van der Waals surface area contributed by atoms with E-state index in [0.717, 1.165) is 5.56 Å². The van der Waals surface area contributed by atoms with Crippen LogP contribution in [0.1, 0.15) is 30.4 Å². The normalized spacial score (nSPS) is 14.9. The number of rotatable bonds is 7. The molecule has 0 atom stereocenters. The van der Waals surface area contributed by atoms with Gasteiger partial charge in [-0.05, 0) is 42.0 Å². The average Bonchev–Trinajstić information content (AvgIpc) is 2.73. The van der Waals surface area contributed by atoms with Crippen LogP contribution in [0, 0.1) is 0 Å². The highest BCUT2D eigenvalue weighted by Crippen LogP contribution is 2.24. The highest BCUT2D eigenvalue weighted by Gasteiger charge is 2.24. The lowest BCUT2D eigenvalue weighted by atomic mass is 10.1. The number of ether oxygens (including phenoxy) is 2. The van der Waals surface area contributed by atoms with Crippen LogP contribution in [0.3, 0.4) is 0 Å². The number of hydrogen-bond acceptors (Lipinski definition) is 4. The van der Waals surface area contributed by atoms with Gasteiger partial charge < -0.3 is 19.5 Å². The van der Waals surface area contributed by atoms with Gasteiger partial charge in [-0.3, -0.25) is 4.79 Å². The summed E-state index contributed by atoms with van der Waals surface area (Å²) in [6.45, 7) is 1.04. The molecule has 1 amide bonds. The van der Waals surface area contributed by atoms with E-state index in [9.17, 15) is 13.6 Å². The first-order valence-electron chi connectivity index (χ1n) is 9.20. The van der Waals surface area contributed by atoms with Gasteiger partial charge in [-0.15, -0.1) is 0 Å². The van der Waals surface area contributed by atoms with E-state index in [1.165, 1.54) is 12.1 Å². The van der Waals surface area contributed by atoms with Crippen LogP contribution in [0.5, 0.6) is 11.5 Å². The van der Waals surface area contributed by atoms with Gasteiger partial charge in [0, 0.05) is 31.5 Å². The molecule has 0 bridgehead atoms. The van der Waals surface area contributed by atoms with Gasteiger partial charge in [0.15, 0.2) is 6.61 Å². The Morgan fingerprint density at radius 1 is 1.04 bits per heavy atom. The minimum absolute atomic E-state index is 0.0289. The molecule has 1 N–H and O–H groups in total. The number of nitrogens with zero attached hydrogens (tertiary/aromatic N) is 1. The molecule has 0 unspecified atom stereocenters. The Balaban J connectivity index is 1.41. The highest BCUT2D eigenvalue weighted by molar-refractivity contribution is 5.77. The molecule has 0 saturated carbocycles. The molecule has 3 rings (SSSR count). The third-order valence-corrected chi connectivity index (χ3v) is 4.70. The van der Waals surface area contributed by atoms with Crippen molar-refractivity contribution in [3.05, 3.63) is 59.7 Å². The van der Waals surface area contributed by atoms with Gasteiger partial charge in [-0.2, -0.15) is 0 Å². The number of aliphatic hydroxyl groups is 1. The zero-order chi connectivity index (χ0) is 19.9. The second-order valence-electron chi connectivity index (χ2n) is 6.66. The van der Waals surface area contributed by atoms with Crippen molar-refractivity contribution in [2.75, 3.05) is 19.7 Å². The van der Waals surface area contributed by atoms with E-state index in [1.807, 2.05) is 0 Å². The first-order valence-corrected chi connectivity index (χ1v) is 9.20. The number of likely N-dealkylation sites (tertiary alicyclic amines) is 1. The second kappa shape index (κ2) is 9.50. The van der Waals surface area contributed by atoms with E-state index in [2.05, 4.69) is 0 Å². The van der Waals surface area contributed by atoms with Crippen LogP contribution < -0.4 is 9.47 Å². The van der Waals surface area contributed by atoms with Crippen molar-refractivity contribution in [3.8, 4) is 11.5 Å². The molecule has 1 aliphatic rings. The summed E-state index contributed by atoms with van der Waals surface area (Å²) in [5.41, 5.74) is 0.753. The number of aliphatic hydroxyl groups excluding tert-OH is 1. The number of piperidine rings is 1. The molecule has 2 aromatic carbocycles. The van der Waals surface area contributed by atoms with Crippen molar-refractivity contribution in [2.45, 2.75) is 32.0 Å². The quantitative estimate of drug-likeness (QED) is 0.784. The summed E-state index contributed by atoms with van der Waals surface area (Å²) in [4.78, 5) is 14.0. The van der Waals surface area contributed by atoms with Gasteiger partial charge in [-0.25, -0.2) is 8.78 Å². The number of carbonyl (C=O) groups excluding carboxylic acids is 1. The predicted octanol–water partition coefficient (Wildman–Crippen LogP) is 3.57. The lowest BCUT2D eigenvalue weighted by Gasteiger charge is -2.32.